The Morgan fingerprint density at radius 2 is 1.68 bits per heavy atom. The number of hydrogen-bond acceptors (Lipinski definition) is 2. The van der Waals surface area contributed by atoms with Crippen molar-refractivity contribution < 1.29 is 5.11 Å². The monoisotopic (exact) mass is 368 g/mol. The van der Waals surface area contributed by atoms with E-state index < -0.39 is 5.60 Å². The lowest BCUT2D eigenvalue weighted by Gasteiger charge is -2.21. The highest BCUT2D eigenvalue weighted by Crippen LogP contribution is 2.32. The molecule has 4 aromatic rings. The van der Waals surface area contributed by atoms with E-state index in [-0.39, 0.29) is 0 Å². The molecule has 0 radical (unpaired) electrons. The van der Waals surface area contributed by atoms with Crippen molar-refractivity contribution in [2.45, 2.75) is 26.4 Å². The summed E-state index contributed by atoms with van der Waals surface area (Å²) in [6, 6.07) is 22.5. The fraction of sp³-hybridized carbons (Fsp3) is 0.160. The largest absolute Gasteiger partial charge is 0.386 e. The molecular weight excluding hydrogens is 344 g/mol. The van der Waals surface area contributed by atoms with E-state index in [1.807, 2.05) is 50.3 Å². The highest BCUT2D eigenvalue weighted by Gasteiger charge is 2.20. The molecule has 0 aliphatic rings. The first-order valence-corrected chi connectivity index (χ1v) is 9.47. The van der Waals surface area contributed by atoms with Crippen LogP contribution in [0.4, 0.5) is 0 Å². The molecule has 0 spiro atoms. The van der Waals surface area contributed by atoms with E-state index in [1.54, 1.807) is 0 Å². The third kappa shape index (κ3) is 3.75. The molecule has 3 nitrogen and oxygen atoms in total. The summed E-state index contributed by atoms with van der Waals surface area (Å²) in [5.41, 5.74) is 6.37. The number of benzene rings is 3. The van der Waals surface area contributed by atoms with Crippen LogP contribution in [0.5, 0.6) is 0 Å². The highest BCUT2D eigenvalue weighted by molar-refractivity contribution is 5.84. The number of imidazole rings is 1. The summed E-state index contributed by atoms with van der Waals surface area (Å²) in [4.78, 5) is 8.07. The average Bonchev–Trinajstić information content (AvgIpc) is 3.09. The van der Waals surface area contributed by atoms with Gasteiger partial charge in [-0.3, -0.25) is 0 Å². The summed E-state index contributed by atoms with van der Waals surface area (Å²) in [5.74, 6) is 0.823. The van der Waals surface area contributed by atoms with Crippen molar-refractivity contribution in [3.05, 3.63) is 89.2 Å². The summed E-state index contributed by atoms with van der Waals surface area (Å²) in [6.07, 6.45) is 4.05. The molecule has 0 aliphatic heterocycles. The first kappa shape index (κ1) is 18.2. The van der Waals surface area contributed by atoms with E-state index in [1.165, 1.54) is 5.56 Å². The molecule has 0 atom stereocenters. The standard InChI is InChI=1S/C25H24N2O/c1-17-8-10-18(11-9-17)12-15-24-26-22-14-13-19(16-23(22)27-24)20-6-4-5-7-21(20)25(2,3)28/h4-16,28H,1-3H3,(H,26,27)/b15-12-. The lowest BCUT2D eigenvalue weighted by atomic mass is 9.89. The van der Waals surface area contributed by atoms with E-state index in [9.17, 15) is 5.11 Å². The van der Waals surface area contributed by atoms with E-state index in [0.29, 0.717) is 0 Å². The number of nitrogens with one attached hydrogen (secondary N) is 1. The van der Waals surface area contributed by atoms with Gasteiger partial charge in [0.1, 0.15) is 5.82 Å². The Morgan fingerprint density at radius 3 is 2.43 bits per heavy atom. The number of aromatic amines is 1. The van der Waals surface area contributed by atoms with Crippen LogP contribution in [-0.2, 0) is 5.60 Å². The van der Waals surface area contributed by atoms with Crippen LogP contribution in [-0.4, -0.2) is 15.1 Å². The maximum atomic E-state index is 10.5. The number of H-pyrrole nitrogens is 1. The smallest absolute Gasteiger partial charge is 0.131 e. The predicted molar refractivity (Wildman–Crippen MR) is 117 cm³/mol. The molecule has 0 saturated heterocycles. The Hall–Kier alpha value is -3.17. The van der Waals surface area contributed by atoms with Gasteiger partial charge in [0.2, 0.25) is 0 Å². The molecule has 0 aliphatic carbocycles. The Kier molecular flexibility index (Phi) is 4.62. The van der Waals surface area contributed by atoms with Crippen LogP contribution >= 0.6 is 0 Å². The number of nitrogens with zero attached hydrogens (tertiary/aromatic N) is 1. The van der Waals surface area contributed by atoms with Gasteiger partial charge in [-0.1, -0.05) is 66.2 Å². The molecule has 3 heteroatoms. The number of aliphatic hydroxyl groups is 1. The zero-order valence-electron chi connectivity index (χ0n) is 16.4. The van der Waals surface area contributed by atoms with Crippen LogP contribution in [0, 0.1) is 6.92 Å². The zero-order valence-corrected chi connectivity index (χ0v) is 16.4. The fourth-order valence-corrected chi connectivity index (χ4v) is 3.39. The van der Waals surface area contributed by atoms with Crippen molar-refractivity contribution in [2.24, 2.45) is 0 Å². The summed E-state index contributed by atoms with van der Waals surface area (Å²) < 4.78 is 0. The topological polar surface area (TPSA) is 48.9 Å². The molecule has 0 amide bonds. The quantitative estimate of drug-likeness (QED) is 0.468. The van der Waals surface area contributed by atoms with Crippen LogP contribution in [0.2, 0.25) is 0 Å². The SMILES string of the molecule is Cc1ccc(/C=C\c2nc3cc(-c4ccccc4C(C)(C)O)ccc3[nH]2)cc1. The average molecular weight is 368 g/mol. The molecule has 3 aromatic carbocycles. The first-order valence-electron chi connectivity index (χ1n) is 9.47. The first-order chi connectivity index (χ1) is 13.4. The predicted octanol–water partition coefficient (Wildman–Crippen LogP) is 5.94. The van der Waals surface area contributed by atoms with Gasteiger partial charge in [-0.25, -0.2) is 4.98 Å². The van der Waals surface area contributed by atoms with Gasteiger partial charge in [-0.15, -0.1) is 0 Å². The van der Waals surface area contributed by atoms with Gasteiger partial charge in [0.25, 0.3) is 0 Å². The molecule has 0 saturated carbocycles. The molecular formula is C25H24N2O. The number of rotatable bonds is 4. The second-order valence-corrected chi connectivity index (χ2v) is 7.70. The van der Waals surface area contributed by atoms with E-state index in [0.717, 1.165) is 39.1 Å². The van der Waals surface area contributed by atoms with Crippen LogP contribution in [0.25, 0.3) is 34.3 Å². The second kappa shape index (κ2) is 7.10. The minimum Gasteiger partial charge on any atom is -0.386 e. The lowest BCUT2D eigenvalue weighted by molar-refractivity contribution is 0.0792. The normalized spacial score (nSPS) is 12.1. The number of aryl methyl sites for hydroxylation is 1. The Balaban J connectivity index is 1.69. The summed E-state index contributed by atoms with van der Waals surface area (Å²) in [6.45, 7) is 5.71. The molecule has 4 rings (SSSR count). The summed E-state index contributed by atoms with van der Waals surface area (Å²) >= 11 is 0. The zero-order chi connectivity index (χ0) is 19.7. The van der Waals surface area contributed by atoms with Crippen LogP contribution < -0.4 is 0 Å². The molecule has 0 fully saturated rings. The van der Waals surface area contributed by atoms with Crippen LogP contribution in [0.15, 0.2) is 66.7 Å². The molecule has 0 bridgehead atoms. The maximum absolute atomic E-state index is 10.5. The Morgan fingerprint density at radius 1 is 0.929 bits per heavy atom. The lowest BCUT2D eigenvalue weighted by Crippen LogP contribution is -2.16. The fourth-order valence-electron chi connectivity index (χ4n) is 3.39. The van der Waals surface area contributed by atoms with Crippen molar-refractivity contribution in [2.75, 3.05) is 0 Å². The van der Waals surface area contributed by atoms with Gasteiger partial charge in [-0.2, -0.15) is 0 Å². The number of aromatic nitrogens is 2. The van der Waals surface area contributed by atoms with Crippen molar-refractivity contribution in [3.63, 3.8) is 0 Å². The summed E-state index contributed by atoms with van der Waals surface area (Å²) in [5, 5.41) is 10.5. The molecule has 0 unspecified atom stereocenters. The highest BCUT2D eigenvalue weighted by atomic mass is 16.3. The molecule has 1 heterocycles. The van der Waals surface area contributed by atoms with Crippen molar-refractivity contribution in [1.82, 2.24) is 9.97 Å². The third-order valence-electron chi connectivity index (χ3n) is 4.91. The molecule has 2 N–H and O–H groups in total. The van der Waals surface area contributed by atoms with Gasteiger partial charge >= 0.3 is 0 Å². The minimum absolute atomic E-state index is 0.823. The molecule has 1 aromatic heterocycles. The Labute approximate surface area is 165 Å². The van der Waals surface area contributed by atoms with Crippen molar-refractivity contribution >= 4 is 23.2 Å². The van der Waals surface area contributed by atoms with Gasteiger partial charge in [-0.05, 0) is 61.2 Å². The van der Waals surface area contributed by atoms with Gasteiger partial charge in [0.15, 0.2) is 0 Å². The second-order valence-electron chi connectivity index (χ2n) is 7.70. The van der Waals surface area contributed by atoms with E-state index in [4.69, 9.17) is 4.98 Å². The molecule has 140 valence electrons. The maximum Gasteiger partial charge on any atom is 0.131 e. The Bertz CT molecular complexity index is 1150. The number of fused-ring (bicyclic) bond motifs is 1. The van der Waals surface area contributed by atoms with E-state index in [2.05, 4.69) is 54.4 Å². The number of hydrogen-bond donors (Lipinski definition) is 2. The molecule has 28 heavy (non-hydrogen) atoms. The van der Waals surface area contributed by atoms with Gasteiger partial charge in [0, 0.05) is 0 Å². The summed E-state index contributed by atoms with van der Waals surface area (Å²) in [7, 11) is 0. The van der Waals surface area contributed by atoms with Crippen LogP contribution in [0.1, 0.15) is 36.4 Å². The van der Waals surface area contributed by atoms with E-state index >= 15 is 0 Å². The third-order valence-corrected chi connectivity index (χ3v) is 4.91. The van der Waals surface area contributed by atoms with Crippen molar-refractivity contribution in [3.8, 4) is 11.1 Å². The van der Waals surface area contributed by atoms with Crippen LogP contribution in [0.3, 0.4) is 0 Å². The van der Waals surface area contributed by atoms with Crippen molar-refractivity contribution in [1.29, 1.82) is 0 Å². The van der Waals surface area contributed by atoms with Gasteiger partial charge < -0.3 is 10.1 Å². The minimum atomic E-state index is -0.904. The van der Waals surface area contributed by atoms with Gasteiger partial charge in [0.05, 0.1) is 16.6 Å².